The molecule has 1 aromatic heterocycles. The van der Waals surface area contributed by atoms with Gasteiger partial charge in [-0.25, -0.2) is 4.79 Å². The second-order valence-corrected chi connectivity index (χ2v) is 4.32. The monoisotopic (exact) mass is 280 g/mol. The van der Waals surface area contributed by atoms with Gasteiger partial charge in [-0.3, -0.25) is 0 Å². The molecule has 3 rings (SSSR count). The van der Waals surface area contributed by atoms with Crippen molar-refractivity contribution in [3.63, 3.8) is 0 Å². The summed E-state index contributed by atoms with van der Waals surface area (Å²) in [5.74, 6) is 0.314. The van der Waals surface area contributed by atoms with Gasteiger partial charge in [-0.15, -0.1) is 0 Å². The van der Waals surface area contributed by atoms with Gasteiger partial charge >= 0.3 is 5.97 Å². The second kappa shape index (κ2) is 6.00. The third kappa shape index (κ3) is 3.14. The second-order valence-electron chi connectivity index (χ2n) is 4.32. The molecule has 0 aliphatic heterocycles. The van der Waals surface area contributed by atoms with E-state index in [4.69, 9.17) is 9.26 Å². The summed E-state index contributed by atoms with van der Waals surface area (Å²) in [4.78, 5) is 16.0. The molecule has 104 valence electrons. The van der Waals surface area contributed by atoms with E-state index in [1.807, 2.05) is 36.4 Å². The van der Waals surface area contributed by atoms with Gasteiger partial charge in [0.1, 0.15) is 0 Å². The summed E-state index contributed by atoms with van der Waals surface area (Å²) in [6, 6.07) is 18.2. The van der Waals surface area contributed by atoms with Crippen molar-refractivity contribution in [2.45, 2.75) is 6.61 Å². The summed E-state index contributed by atoms with van der Waals surface area (Å²) in [6.45, 7) is -0.0481. The highest BCUT2D eigenvalue weighted by Crippen LogP contribution is 2.15. The van der Waals surface area contributed by atoms with Crippen molar-refractivity contribution in [3.8, 4) is 11.4 Å². The first-order valence-electron chi connectivity index (χ1n) is 6.43. The van der Waals surface area contributed by atoms with Gasteiger partial charge < -0.3 is 9.26 Å². The zero-order valence-electron chi connectivity index (χ0n) is 11.1. The lowest BCUT2D eigenvalue weighted by molar-refractivity contribution is 0.0430. The number of nitrogens with zero attached hydrogens (tertiary/aromatic N) is 2. The molecule has 0 N–H and O–H groups in total. The van der Waals surface area contributed by atoms with Gasteiger partial charge in [0.2, 0.25) is 5.82 Å². The van der Waals surface area contributed by atoms with E-state index in [0.717, 1.165) is 5.56 Å². The molecule has 0 aliphatic carbocycles. The first-order chi connectivity index (χ1) is 10.3. The molecule has 5 nitrogen and oxygen atoms in total. The minimum Gasteiger partial charge on any atom is -0.452 e. The lowest BCUT2D eigenvalue weighted by Gasteiger charge is -2.00. The van der Waals surface area contributed by atoms with Crippen LogP contribution in [0, 0.1) is 0 Å². The largest absolute Gasteiger partial charge is 0.452 e. The van der Waals surface area contributed by atoms with Crippen LogP contribution in [0.2, 0.25) is 0 Å². The van der Waals surface area contributed by atoms with Gasteiger partial charge in [0.05, 0.1) is 5.56 Å². The van der Waals surface area contributed by atoms with Crippen LogP contribution in [0.5, 0.6) is 0 Å². The molecule has 0 spiro atoms. The van der Waals surface area contributed by atoms with Crippen molar-refractivity contribution < 1.29 is 14.1 Å². The molecule has 2 aromatic carbocycles. The molecule has 1 heterocycles. The number of esters is 1. The van der Waals surface area contributed by atoms with E-state index in [9.17, 15) is 4.79 Å². The van der Waals surface area contributed by atoms with Gasteiger partial charge in [-0.05, 0) is 12.1 Å². The smallest absolute Gasteiger partial charge is 0.338 e. The predicted octanol–water partition coefficient (Wildman–Crippen LogP) is 3.09. The molecule has 0 radical (unpaired) electrons. The summed E-state index contributed by atoms with van der Waals surface area (Å²) in [7, 11) is 0. The summed E-state index contributed by atoms with van der Waals surface area (Å²) in [6.07, 6.45) is 0. The summed E-state index contributed by atoms with van der Waals surface area (Å²) < 4.78 is 10.2. The van der Waals surface area contributed by atoms with Crippen LogP contribution in [-0.2, 0) is 11.3 Å². The van der Waals surface area contributed by atoms with Crippen LogP contribution in [0.3, 0.4) is 0 Å². The van der Waals surface area contributed by atoms with E-state index in [0.29, 0.717) is 11.4 Å². The number of rotatable bonds is 4. The Labute approximate surface area is 121 Å². The number of aromatic nitrogens is 2. The fourth-order valence-electron chi connectivity index (χ4n) is 1.80. The van der Waals surface area contributed by atoms with Crippen molar-refractivity contribution in [3.05, 3.63) is 72.1 Å². The topological polar surface area (TPSA) is 65.2 Å². The van der Waals surface area contributed by atoms with Crippen LogP contribution in [0.4, 0.5) is 0 Å². The maximum absolute atomic E-state index is 11.8. The summed E-state index contributed by atoms with van der Waals surface area (Å²) in [5, 5.41) is 3.86. The molecule has 0 saturated heterocycles. The van der Waals surface area contributed by atoms with Crippen LogP contribution in [0.15, 0.2) is 65.2 Å². The summed E-state index contributed by atoms with van der Waals surface area (Å²) in [5.41, 5.74) is 1.34. The molecule has 0 fully saturated rings. The maximum Gasteiger partial charge on any atom is 0.338 e. The Kier molecular flexibility index (Phi) is 3.73. The first kappa shape index (κ1) is 13.1. The average molecular weight is 280 g/mol. The number of carbonyl (C=O) groups is 1. The number of carbonyl (C=O) groups excluding carboxylic acids is 1. The van der Waals surface area contributed by atoms with Crippen LogP contribution >= 0.6 is 0 Å². The van der Waals surface area contributed by atoms with Crippen molar-refractivity contribution in [2.75, 3.05) is 0 Å². The summed E-state index contributed by atoms with van der Waals surface area (Å²) >= 11 is 0. The first-order valence-corrected chi connectivity index (χ1v) is 6.43. The SMILES string of the molecule is O=C(OCc1nc(-c2ccccc2)no1)c1ccccc1. The Balaban J connectivity index is 1.64. The van der Waals surface area contributed by atoms with Gasteiger partial charge in [-0.1, -0.05) is 53.7 Å². The van der Waals surface area contributed by atoms with E-state index in [-0.39, 0.29) is 12.5 Å². The highest BCUT2D eigenvalue weighted by molar-refractivity contribution is 5.89. The van der Waals surface area contributed by atoms with Crippen molar-refractivity contribution in [1.82, 2.24) is 10.1 Å². The molecule has 3 aromatic rings. The van der Waals surface area contributed by atoms with Gasteiger partial charge in [0, 0.05) is 5.56 Å². The normalized spacial score (nSPS) is 10.3. The van der Waals surface area contributed by atoms with Crippen LogP contribution < -0.4 is 0 Å². The molecule has 0 bridgehead atoms. The van der Waals surface area contributed by atoms with Crippen molar-refractivity contribution in [1.29, 1.82) is 0 Å². The number of hydrogen-bond donors (Lipinski definition) is 0. The van der Waals surface area contributed by atoms with E-state index in [1.54, 1.807) is 24.3 Å². The highest BCUT2D eigenvalue weighted by Gasteiger charge is 2.11. The lowest BCUT2D eigenvalue weighted by atomic mass is 10.2. The van der Waals surface area contributed by atoms with Crippen LogP contribution in [0.1, 0.15) is 16.2 Å². The van der Waals surface area contributed by atoms with Gasteiger partial charge in [0.25, 0.3) is 5.89 Å². The Morgan fingerprint density at radius 3 is 2.38 bits per heavy atom. The molecular weight excluding hydrogens is 268 g/mol. The van der Waals surface area contributed by atoms with E-state index >= 15 is 0 Å². The lowest BCUT2D eigenvalue weighted by Crippen LogP contribution is -2.05. The minimum absolute atomic E-state index is 0.0481. The third-order valence-electron chi connectivity index (χ3n) is 2.84. The fraction of sp³-hybridized carbons (Fsp3) is 0.0625. The Bertz CT molecular complexity index is 724. The molecule has 0 aliphatic rings. The van der Waals surface area contributed by atoms with Crippen LogP contribution in [-0.4, -0.2) is 16.1 Å². The molecule has 0 unspecified atom stereocenters. The standard InChI is InChI=1S/C16H12N2O3/c19-16(13-9-5-2-6-10-13)20-11-14-17-15(18-21-14)12-7-3-1-4-8-12/h1-10H,11H2. The fourth-order valence-corrected chi connectivity index (χ4v) is 1.80. The Hall–Kier alpha value is -2.95. The molecule has 0 saturated carbocycles. The van der Waals surface area contributed by atoms with Crippen LogP contribution in [0.25, 0.3) is 11.4 Å². The Morgan fingerprint density at radius 1 is 1.00 bits per heavy atom. The average Bonchev–Trinajstić information content (AvgIpc) is 3.03. The van der Waals surface area contributed by atoms with Crippen molar-refractivity contribution in [2.24, 2.45) is 0 Å². The van der Waals surface area contributed by atoms with E-state index < -0.39 is 5.97 Å². The zero-order chi connectivity index (χ0) is 14.5. The van der Waals surface area contributed by atoms with Crippen molar-refractivity contribution >= 4 is 5.97 Å². The maximum atomic E-state index is 11.8. The molecule has 0 amide bonds. The Morgan fingerprint density at radius 2 is 1.67 bits per heavy atom. The molecular formula is C16H12N2O3. The van der Waals surface area contributed by atoms with E-state index in [2.05, 4.69) is 10.1 Å². The minimum atomic E-state index is -0.421. The molecule has 21 heavy (non-hydrogen) atoms. The number of hydrogen-bond acceptors (Lipinski definition) is 5. The quantitative estimate of drug-likeness (QED) is 0.687. The highest BCUT2D eigenvalue weighted by atomic mass is 16.6. The zero-order valence-corrected chi connectivity index (χ0v) is 11.1. The van der Waals surface area contributed by atoms with Gasteiger partial charge in [-0.2, -0.15) is 4.98 Å². The predicted molar refractivity (Wildman–Crippen MR) is 75.3 cm³/mol. The van der Waals surface area contributed by atoms with Gasteiger partial charge in [0.15, 0.2) is 6.61 Å². The number of ether oxygens (including phenoxy) is 1. The molecule has 5 heteroatoms. The third-order valence-corrected chi connectivity index (χ3v) is 2.84. The van der Waals surface area contributed by atoms with E-state index in [1.165, 1.54) is 0 Å². The molecule has 0 atom stereocenters. The number of benzene rings is 2.